The van der Waals surface area contributed by atoms with Gasteiger partial charge >= 0.3 is 0 Å². The molecular formula is C33H46F3OP. The number of rotatable bonds is 8. The molecule has 0 atom stereocenters. The minimum atomic E-state index is -1.35. The van der Waals surface area contributed by atoms with Crippen molar-refractivity contribution in [2.24, 2.45) is 0 Å². The van der Waals surface area contributed by atoms with E-state index < -0.39 is 25.4 Å². The first kappa shape index (κ1) is 29.4. The summed E-state index contributed by atoms with van der Waals surface area (Å²) < 4.78 is 52.7. The Bertz CT molecular complexity index is 1040. The van der Waals surface area contributed by atoms with E-state index in [0.29, 0.717) is 16.9 Å². The fraction of sp³-hybridized carbons (Fsp3) is 0.636. The lowest BCUT2D eigenvalue weighted by Crippen LogP contribution is -2.29. The normalized spacial score (nSPS) is 17.8. The summed E-state index contributed by atoms with van der Waals surface area (Å²) in [6, 6.07) is 6.05. The fourth-order valence-corrected chi connectivity index (χ4v) is 10.8. The summed E-state index contributed by atoms with van der Waals surface area (Å²) in [6.45, 7) is 11.6. The molecule has 38 heavy (non-hydrogen) atoms. The number of halogens is 3. The second kappa shape index (κ2) is 12.8. The Hall–Kier alpha value is -1.54. The first-order valence-corrected chi connectivity index (χ1v) is 16.4. The van der Waals surface area contributed by atoms with Crippen molar-refractivity contribution in [3.8, 4) is 16.9 Å². The molecule has 2 aliphatic carbocycles. The van der Waals surface area contributed by atoms with E-state index in [4.69, 9.17) is 4.74 Å². The van der Waals surface area contributed by atoms with Gasteiger partial charge in [0.2, 0.25) is 0 Å². The molecule has 0 heterocycles. The maximum atomic E-state index is 15.6. The quantitative estimate of drug-likeness (QED) is 0.236. The summed E-state index contributed by atoms with van der Waals surface area (Å²) >= 11 is 0. The summed E-state index contributed by atoms with van der Waals surface area (Å²) in [5.74, 6) is -3.17. The van der Waals surface area contributed by atoms with Crippen molar-refractivity contribution >= 4 is 13.2 Å². The number of ether oxygens (including phenoxy) is 1. The van der Waals surface area contributed by atoms with Crippen LogP contribution in [0.5, 0.6) is 5.75 Å². The molecular weight excluding hydrogens is 500 g/mol. The molecule has 210 valence electrons. The zero-order valence-corrected chi connectivity index (χ0v) is 25.1. The van der Waals surface area contributed by atoms with Crippen LogP contribution < -0.4 is 10.0 Å². The van der Waals surface area contributed by atoms with Gasteiger partial charge in [-0.25, -0.2) is 13.2 Å². The van der Waals surface area contributed by atoms with Gasteiger partial charge in [-0.15, -0.1) is 0 Å². The molecule has 1 nitrogen and oxygen atoms in total. The molecule has 0 saturated heterocycles. The molecule has 2 aromatic rings. The summed E-state index contributed by atoms with van der Waals surface area (Å²) in [4.78, 5) is 0. The molecule has 2 saturated carbocycles. The zero-order chi connectivity index (χ0) is 27.6. The average molecular weight is 547 g/mol. The Labute approximate surface area is 229 Å². The van der Waals surface area contributed by atoms with Crippen LogP contribution in [-0.4, -0.2) is 17.4 Å². The van der Waals surface area contributed by atoms with Crippen LogP contribution in [0.4, 0.5) is 13.2 Å². The van der Waals surface area contributed by atoms with Crippen LogP contribution in [0.3, 0.4) is 0 Å². The highest BCUT2D eigenvalue weighted by atomic mass is 31.1. The maximum Gasteiger partial charge on any atom is 0.195 e. The third kappa shape index (κ3) is 5.96. The van der Waals surface area contributed by atoms with Crippen LogP contribution in [0.15, 0.2) is 18.2 Å². The van der Waals surface area contributed by atoms with Crippen molar-refractivity contribution in [2.45, 2.75) is 135 Å². The molecule has 2 fully saturated rings. The number of hydrogen-bond acceptors (Lipinski definition) is 1. The van der Waals surface area contributed by atoms with Gasteiger partial charge in [0.1, 0.15) is 5.75 Å². The van der Waals surface area contributed by atoms with Crippen LogP contribution in [-0.2, 0) is 0 Å². The van der Waals surface area contributed by atoms with Crippen molar-refractivity contribution in [3.05, 3.63) is 46.8 Å². The third-order valence-corrected chi connectivity index (χ3v) is 12.0. The molecule has 5 heteroatoms. The summed E-state index contributed by atoms with van der Waals surface area (Å²) in [5, 5.41) is 1.17. The molecule has 0 radical (unpaired) electrons. The maximum absolute atomic E-state index is 15.6. The smallest absolute Gasteiger partial charge is 0.195 e. The van der Waals surface area contributed by atoms with Crippen LogP contribution >= 0.6 is 7.92 Å². The standard InChI is InChI=1S/C33H46F3OP/c1-20(2)27-29(28(21(3)4)31(35)32(36)30(27)34)25-18-13-19-26(37-22(5)6)33(25)38(23-14-9-7-10-15-23)24-16-11-8-12-17-24/h13,18-24H,7-12,14-17H2,1-6H3. The highest BCUT2D eigenvalue weighted by Gasteiger charge is 2.38. The first-order chi connectivity index (χ1) is 18.1. The van der Waals surface area contributed by atoms with E-state index in [2.05, 4.69) is 6.07 Å². The Balaban J connectivity index is 2.08. The van der Waals surface area contributed by atoms with E-state index in [1.54, 1.807) is 0 Å². The highest BCUT2D eigenvalue weighted by molar-refractivity contribution is 7.67. The molecule has 2 aliphatic rings. The molecule has 0 amide bonds. The summed E-state index contributed by atoms with van der Waals surface area (Å²) in [6.07, 6.45) is 12.3. The second-order valence-corrected chi connectivity index (χ2v) is 15.0. The van der Waals surface area contributed by atoms with Crippen LogP contribution in [0.2, 0.25) is 0 Å². The van der Waals surface area contributed by atoms with Gasteiger partial charge in [-0.05, 0) is 79.9 Å². The number of hydrogen-bond donors (Lipinski definition) is 0. The molecule has 0 bridgehead atoms. The van der Waals surface area contributed by atoms with Gasteiger partial charge in [0, 0.05) is 16.4 Å². The topological polar surface area (TPSA) is 9.23 Å². The molecule has 0 aromatic heterocycles. The van der Waals surface area contributed by atoms with Gasteiger partial charge in [0.15, 0.2) is 17.5 Å². The van der Waals surface area contributed by atoms with Gasteiger partial charge in [0.05, 0.1) is 6.10 Å². The Morgan fingerprint density at radius 2 is 1.16 bits per heavy atom. The second-order valence-electron chi connectivity index (χ2n) is 12.3. The van der Waals surface area contributed by atoms with E-state index in [-0.39, 0.29) is 29.1 Å². The predicted octanol–water partition coefficient (Wildman–Crippen LogP) is 10.6. The average Bonchev–Trinajstić information content (AvgIpc) is 2.88. The fourth-order valence-electron chi connectivity index (χ4n) is 6.79. The molecule has 0 N–H and O–H groups in total. The lowest BCUT2D eigenvalue weighted by atomic mass is 9.84. The van der Waals surface area contributed by atoms with Crippen molar-refractivity contribution in [2.75, 3.05) is 0 Å². The lowest BCUT2D eigenvalue weighted by molar-refractivity contribution is 0.244. The van der Waals surface area contributed by atoms with Crippen molar-refractivity contribution < 1.29 is 17.9 Å². The number of benzene rings is 2. The lowest BCUT2D eigenvalue weighted by Gasteiger charge is -2.41. The monoisotopic (exact) mass is 546 g/mol. The molecule has 4 rings (SSSR count). The van der Waals surface area contributed by atoms with Gasteiger partial charge in [0.25, 0.3) is 0 Å². The van der Waals surface area contributed by atoms with E-state index in [9.17, 15) is 4.39 Å². The van der Waals surface area contributed by atoms with Crippen molar-refractivity contribution in [1.82, 2.24) is 0 Å². The Morgan fingerprint density at radius 1 is 0.684 bits per heavy atom. The SMILES string of the molecule is CC(C)Oc1cccc(-c2c(C(C)C)c(F)c(F)c(F)c2C(C)C)c1P(C1CCCCC1)C1CCCCC1. The van der Waals surface area contributed by atoms with Crippen molar-refractivity contribution in [1.29, 1.82) is 0 Å². The van der Waals surface area contributed by atoms with Gasteiger partial charge < -0.3 is 4.74 Å². The van der Waals surface area contributed by atoms with Gasteiger partial charge in [-0.2, -0.15) is 0 Å². The van der Waals surface area contributed by atoms with Gasteiger partial charge in [-0.3, -0.25) is 0 Å². The Kier molecular flexibility index (Phi) is 9.88. The first-order valence-electron chi connectivity index (χ1n) is 14.9. The largest absolute Gasteiger partial charge is 0.490 e. The summed E-state index contributed by atoms with van der Waals surface area (Å²) in [5.41, 5.74) is 3.18. The highest BCUT2D eigenvalue weighted by Crippen LogP contribution is 2.58. The van der Waals surface area contributed by atoms with E-state index in [0.717, 1.165) is 11.3 Å². The molecule has 0 spiro atoms. The van der Waals surface area contributed by atoms with Crippen molar-refractivity contribution in [3.63, 3.8) is 0 Å². The van der Waals surface area contributed by atoms with Gasteiger partial charge in [-0.1, -0.05) is 86.3 Å². The minimum Gasteiger partial charge on any atom is -0.490 e. The van der Waals surface area contributed by atoms with Crippen LogP contribution in [0.1, 0.15) is 129 Å². The van der Waals surface area contributed by atoms with Crippen LogP contribution in [0, 0.1) is 17.5 Å². The predicted molar refractivity (Wildman–Crippen MR) is 156 cm³/mol. The minimum absolute atomic E-state index is 0.0191. The van der Waals surface area contributed by atoms with E-state index in [1.807, 2.05) is 53.7 Å². The van der Waals surface area contributed by atoms with E-state index >= 15 is 8.78 Å². The molecule has 2 aromatic carbocycles. The van der Waals surface area contributed by atoms with Crippen LogP contribution in [0.25, 0.3) is 11.1 Å². The summed E-state index contributed by atoms with van der Waals surface area (Å²) in [7, 11) is -0.642. The third-order valence-electron chi connectivity index (χ3n) is 8.38. The molecule has 0 unspecified atom stereocenters. The zero-order valence-electron chi connectivity index (χ0n) is 24.2. The Morgan fingerprint density at radius 3 is 1.58 bits per heavy atom. The molecule has 0 aliphatic heterocycles. The van der Waals surface area contributed by atoms with E-state index in [1.165, 1.54) is 69.5 Å².